The molecule has 0 saturated carbocycles. The van der Waals surface area contributed by atoms with Crippen LogP contribution in [0.1, 0.15) is 10.4 Å². The van der Waals surface area contributed by atoms with Gasteiger partial charge >= 0.3 is 0 Å². The van der Waals surface area contributed by atoms with Crippen molar-refractivity contribution < 1.29 is 44.2 Å². The van der Waals surface area contributed by atoms with E-state index in [0.29, 0.717) is 6.29 Å². The summed E-state index contributed by atoms with van der Waals surface area (Å²) in [5.74, 6) is 0.330. The summed E-state index contributed by atoms with van der Waals surface area (Å²) in [6.45, 7) is -0.580. The van der Waals surface area contributed by atoms with Crippen molar-refractivity contribution in [3.05, 3.63) is 17.7 Å². The SMILES string of the molecule is COc1cc(C=O)cc(OC)c1O[C@H]1O[C@H](CO)[C@H](O)[C@H](O)[C@H]1O. The number of aldehydes is 1. The van der Waals surface area contributed by atoms with Crippen LogP contribution in [-0.4, -0.2) is 78.2 Å². The molecule has 24 heavy (non-hydrogen) atoms. The molecule has 0 aromatic heterocycles. The van der Waals surface area contributed by atoms with Crippen LogP contribution in [0.5, 0.6) is 17.2 Å². The summed E-state index contributed by atoms with van der Waals surface area (Å²) >= 11 is 0. The highest BCUT2D eigenvalue weighted by atomic mass is 16.7. The second kappa shape index (κ2) is 7.77. The molecule has 0 spiro atoms. The molecule has 0 radical (unpaired) electrons. The van der Waals surface area contributed by atoms with Gasteiger partial charge in [-0.25, -0.2) is 0 Å². The van der Waals surface area contributed by atoms with Crippen molar-refractivity contribution in [2.75, 3.05) is 20.8 Å². The number of aliphatic hydroxyl groups is 4. The Morgan fingerprint density at radius 1 is 1.08 bits per heavy atom. The maximum Gasteiger partial charge on any atom is 0.229 e. The van der Waals surface area contributed by atoms with E-state index < -0.39 is 37.3 Å². The highest BCUT2D eigenvalue weighted by Crippen LogP contribution is 2.40. The minimum Gasteiger partial charge on any atom is -0.493 e. The van der Waals surface area contributed by atoms with Gasteiger partial charge < -0.3 is 39.4 Å². The maximum atomic E-state index is 11.0. The van der Waals surface area contributed by atoms with E-state index in [1.165, 1.54) is 26.4 Å². The lowest BCUT2D eigenvalue weighted by molar-refractivity contribution is -0.277. The van der Waals surface area contributed by atoms with Gasteiger partial charge in [-0.15, -0.1) is 0 Å². The highest BCUT2D eigenvalue weighted by molar-refractivity contribution is 5.78. The van der Waals surface area contributed by atoms with Crippen molar-refractivity contribution in [2.24, 2.45) is 0 Å². The number of carbonyl (C=O) groups excluding carboxylic acids is 1. The molecule has 1 aromatic rings. The fourth-order valence-corrected chi connectivity index (χ4v) is 2.37. The van der Waals surface area contributed by atoms with E-state index in [1.54, 1.807) is 0 Å². The average molecular weight is 344 g/mol. The third-order valence-corrected chi connectivity index (χ3v) is 3.70. The molecule has 1 saturated heterocycles. The summed E-state index contributed by atoms with van der Waals surface area (Å²) in [4.78, 5) is 11.0. The van der Waals surface area contributed by atoms with Crippen molar-refractivity contribution in [3.63, 3.8) is 0 Å². The first-order valence-electron chi connectivity index (χ1n) is 7.15. The molecule has 1 heterocycles. The molecule has 4 N–H and O–H groups in total. The van der Waals surface area contributed by atoms with Gasteiger partial charge in [0.25, 0.3) is 0 Å². The second-order valence-electron chi connectivity index (χ2n) is 5.19. The maximum absolute atomic E-state index is 11.0. The van der Waals surface area contributed by atoms with Gasteiger partial charge in [0.2, 0.25) is 12.0 Å². The molecule has 1 aliphatic rings. The van der Waals surface area contributed by atoms with Crippen LogP contribution in [0.25, 0.3) is 0 Å². The van der Waals surface area contributed by atoms with E-state index in [0.717, 1.165) is 0 Å². The Balaban J connectivity index is 2.34. The van der Waals surface area contributed by atoms with Crippen molar-refractivity contribution in [1.82, 2.24) is 0 Å². The van der Waals surface area contributed by atoms with Gasteiger partial charge in [-0.1, -0.05) is 0 Å². The van der Waals surface area contributed by atoms with E-state index in [-0.39, 0.29) is 22.8 Å². The Kier molecular flexibility index (Phi) is 5.97. The van der Waals surface area contributed by atoms with Gasteiger partial charge in [0.15, 0.2) is 11.5 Å². The molecule has 1 aliphatic heterocycles. The molecule has 1 aromatic carbocycles. The van der Waals surface area contributed by atoms with E-state index in [1.807, 2.05) is 0 Å². The summed E-state index contributed by atoms with van der Waals surface area (Å²) < 4.78 is 21.1. The quantitative estimate of drug-likeness (QED) is 0.464. The summed E-state index contributed by atoms with van der Waals surface area (Å²) in [5, 5.41) is 38.8. The van der Waals surface area contributed by atoms with Crippen LogP contribution in [0.3, 0.4) is 0 Å². The van der Waals surface area contributed by atoms with Crippen molar-refractivity contribution in [1.29, 1.82) is 0 Å². The van der Waals surface area contributed by atoms with Gasteiger partial charge in [0.1, 0.15) is 30.7 Å². The zero-order valence-corrected chi connectivity index (χ0v) is 13.2. The van der Waals surface area contributed by atoms with E-state index in [9.17, 15) is 25.2 Å². The van der Waals surface area contributed by atoms with Gasteiger partial charge in [0.05, 0.1) is 20.8 Å². The fourth-order valence-electron chi connectivity index (χ4n) is 2.37. The highest BCUT2D eigenvalue weighted by Gasteiger charge is 2.45. The lowest BCUT2D eigenvalue weighted by Crippen LogP contribution is -2.60. The van der Waals surface area contributed by atoms with Crippen LogP contribution in [0, 0.1) is 0 Å². The summed E-state index contributed by atoms with van der Waals surface area (Å²) in [7, 11) is 2.70. The first-order chi connectivity index (χ1) is 11.5. The molecule has 0 aliphatic carbocycles. The molecule has 2 rings (SSSR count). The molecule has 0 unspecified atom stereocenters. The smallest absolute Gasteiger partial charge is 0.229 e. The van der Waals surface area contributed by atoms with Crippen LogP contribution in [0.2, 0.25) is 0 Å². The lowest BCUT2D eigenvalue weighted by Gasteiger charge is -2.39. The van der Waals surface area contributed by atoms with Crippen LogP contribution < -0.4 is 14.2 Å². The van der Waals surface area contributed by atoms with E-state index in [2.05, 4.69) is 0 Å². The van der Waals surface area contributed by atoms with Crippen LogP contribution in [0.15, 0.2) is 12.1 Å². The summed E-state index contributed by atoms with van der Waals surface area (Å²) in [5.41, 5.74) is 0.282. The van der Waals surface area contributed by atoms with Gasteiger partial charge in [0, 0.05) is 5.56 Å². The Morgan fingerprint density at radius 3 is 2.12 bits per heavy atom. The third kappa shape index (κ3) is 3.45. The van der Waals surface area contributed by atoms with Crippen LogP contribution in [0.4, 0.5) is 0 Å². The largest absolute Gasteiger partial charge is 0.493 e. The van der Waals surface area contributed by atoms with Crippen LogP contribution >= 0.6 is 0 Å². The number of methoxy groups -OCH3 is 2. The zero-order valence-electron chi connectivity index (χ0n) is 13.2. The monoisotopic (exact) mass is 344 g/mol. The molecule has 5 atom stereocenters. The number of carbonyl (C=O) groups is 1. The topological polar surface area (TPSA) is 135 Å². The minimum atomic E-state index is -1.58. The number of hydrogen-bond donors (Lipinski definition) is 4. The zero-order chi connectivity index (χ0) is 17.9. The molecule has 0 amide bonds. The first-order valence-corrected chi connectivity index (χ1v) is 7.15. The van der Waals surface area contributed by atoms with E-state index >= 15 is 0 Å². The Morgan fingerprint density at radius 2 is 1.67 bits per heavy atom. The van der Waals surface area contributed by atoms with Crippen LogP contribution in [-0.2, 0) is 4.74 Å². The average Bonchev–Trinajstić information content (AvgIpc) is 2.61. The lowest BCUT2D eigenvalue weighted by atomic mass is 9.99. The predicted molar refractivity (Wildman–Crippen MR) is 79.3 cm³/mol. The van der Waals surface area contributed by atoms with E-state index in [4.69, 9.17) is 18.9 Å². The number of aliphatic hydroxyl groups excluding tert-OH is 4. The molecule has 9 nitrogen and oxygen atoms in total. The number of benzene rings is 1. The molecular formula is C15H20O9. The second-order valence-corrected chi connectivity index (χ2v) is 5.19. The molecule has 9 heteroatoms. The van der Waals surface area contributed by atoms with Gasteiger partial charge in [-0.05, 0) is 12.1 Å². The third-order valence-electron chi connectivity index (χ3n) is 3.70. The number of rotatable bonds is 6. The van der Waals surface area contributed by atoms with Crippen molar-refractivity contribution in [2.45, 2.75) is 30.7 Å². The normalized spacial score (nSPS) is 29.8. The molecule has 1 fully saturated rings. The van der Waals surface area contributed by atoms with Crippen molar-refractivity contribution >= 4 is 6.29 Å². The number of ether oxygens (including phenoxy) is 4. The molecular weight excluding hydrogens is 324 g/mol. The Hall–Kier alpha value is -1.91. The minimum absolute atomic E-state index is 0.0370. The Labute approximate surface area is 138 Å². The van der Waals surface area contributed by atoms with Crippen molar-refractivity contribution in [3.8, 4) is 17.2 Å². The van der Waals surface area contributed by atoms with Gasteiger partial charge in [-0.3, -0.25) is 4.79 Å². The summed E-state index contributed by atoms with van der Waals surface area (Å²) in [6, 6.07) is 2.80. The Bertz CT molecular complexity index is 549. The summed E-state index contributed by atoms with van der Waals surface area (Å²) in [6.07, 6.45) is -6.56. The molecule has 0 bridgehead atoms. The first kappa shape index (κ1) is 18.4. The van der Waals surface area contributed by atoms with Gasteiger partial charge in [-0.2, -0.15) is 0 Å². The standard InChI is InChI=1S/C15H20O9/c1-21-8-3-7(5-16)4-9(22-2)14(8)24-15-13(20)12(19)11(18)10(6-17)23-15/h3-5,10-13,15,17-20H,6H2,1-2H3/t10-,11+,12+,13-,15-/m1/s1. The number of hydrogen-bond acceptors (Lipinski definition) is 9. The fraction of sp³-hybridized carbons (Fsp3) is 0.533. The predicted octanol–water partition coefficient (Wildman–Crippen LogP) is -1.31. The molecule has 134 valence electrons.